The number of benzene rings is 1. The summed E-state index contributed by atoms with van der Waals surface area (Å²) in [6, 6.07) is 5.82. The number of nitrogens with one attached hydrogen (secondary N) is 3. The molecular weight excluding hydrogens is 688 g/mol. The van der Waals surface area contributed by atoms with Gasteiger partial charge in [0.2, 0.25) is 5.43 Å². The maximum absolute atomic E-state index is 13.7. The first kappa shape index (κ1) is 36.0. The van der Waals surface area contributed by atoms with Crippen molar-refractivity contribution in [2.75, 3.05) is 25.0 Å². The number of hydrogen-bond acceptors (Lipinski definition) is 8. The van der Waals surface area contributed by atoms with Gasteiger partial charge in [0, 0.05) is 53.4 Å². The Morgan fingerprint density at radius 1 is 1.17 bits per heavy atom. The zero-order chi connectivity index (χ0) is 33.2. The number of thiazole rings is 1. The standard InChI is InChI=1S/C28H28F3N6O7PS.ClH/c1-2-32-27(40)36-23-11-17(26-35-22(14-46-26)28(29,30)31)19(12-34-23)15-4-7-21-18(10-15)24(38)20(13-37(21)16-5-6-16)25(39)33-8-3-9-44-45(41,42)43;/h4,7,10-14,16H,2-3,5-6,8-9H2,1H3,(H,33,39)(H2,41,42,43)(H2,32,34,36,40);1H. The van der Waals surface area contributed by atoms with Crippen molar-refractivity contribution in [2.24, 2.45) is 0 Å². The number of nitrogens with zero attached hydrogens (tertiary/aromatic N) is 3. The van der Waals surface area contributed by atoms with Crippen LogP contribution in [0.1, 0.15) is 48.3 Å². The first-order chi connectivity index (χ1) is 21.7. The van der Waals surface area contributed by atoms with Crippen LogP contribution in [0.25, 0.3) is 32.6 Å². The quantitative estimate of drug-likeness (QED) is 0.101. The third-order valence-electron chi connectivity index (χ3n) is 6.90. The molecule has 1 aliphatic rings. The molecule has 3 heterocycles. The minimum atomic E-state index is -4.68. The van der Waals surface area contributed by atoms with Crippen LogP contribution in [0, 0.1) is 0 Å². The molecule has 19 heteroatoms. The van der Waals surface area contributed by atoms with E-state index in [9.17, 15) is 32.1 Å². The molecule has 47 heavy (non-hydrogen) atoms. The van der Waals surface area contributed by atoms with Crippen molar-refractivity contribution >= 4 is 60.2 Å². The predicted octanol–water partition coefficient (Wildman–Crippen LogP) is 5.33. The summed E-state index contributed by atoms with van der Waals surface area (Å²) < 4.78 is 57.3. The summed E-state index contributed by atoms with van der Waals surface area (Å²) in [6.07, 6.45) is -0.0845. The molecule has 3 aromatic heterocycles. The number of rotatable bonds is 11. The zero-order valence-corrected chi connectivity index (χ0v) is 27.1. The lowest BCUT2D eigenvalue weighted by molar-refractivity contribution is -0.140. The van der Waals surface area contributed by atoms with Gasteiger partial charge in [-0.15, -0.1) is 23.7 Å². The summed E-state index contributed by atoms with van der Waals surface area (Å²) in [5, 5.41) is 8.73. The molecule has 13 nitrogen and oxygen atoms in total. The molecule has 252 valence electrons. The van der Waals surface area contributed by atoms with Crippen molar-refractivity contribution in [1.82, 2.24) is 25.2 Å². The van der Waals surface area contributed by atoms with Crippen LogP contribution in [0.4, 0.5) is 23.8 Å². The van der Waals surface area contributed by atoms with E-state index in [1.807, 2.05) is 4.57 Å². The number of phosphoric acid groups is 1. The molecule has 1 aliphatic carbocycles. The van der Waals surface area contributed by atoms with Crippen LogP contribution >= 0.6 is 31.6 Å². The number of urea groups is 1. The van der Waals surface area contributed by atoms with E-state index in [-0.39, 0.29) is 65.4 Å². The topological polar surface area (TPSA) is 185 Å². The number of carbonyl (C=O) groups is 2. The number of fused-ring (bicyclic) bond motifs is 1. The van der Waals surface area contributed by atoms with Gasteiger partial charge in [-0.25, -0.2) is 19.3 Å². The summed E-state index contributed by atoms with van der Waals surface area (Å²) in [6.45, 7) is 1.72. The number of carbonyl (C=O) groups excluding carboxylic acids is 2. The van der Waals surface area contributed by atoms with Crippen molar-refractivity contribution in [1.29, 1.82) is 0 Å². The number of pyridine rings is 2. The summed E-state index contributed by atoms with van der Waals surface area (Å²) in [7, 11) is -4.65. The maximum atomic E-state index is 13.7. The first-order valence-corrected chi connectivity index (χ1v) is 16.4. The molecule has 4 aromatic rings. The van der Waals surface area contributed by atoms with Crippen molar-refractivity contribution in [3.63, 3.8) is 0 Å². The molecule has 0 saturated heterocycles. The molecule has 0 spiro atoms. The van der Waals surface area contributed by atoms with Gasteiger partial charge in [0.05, 0.1) is 12.1 Å². The Labute approximate surface area is 275 Å². The first-order valence-electron chi connectivity index (χ1n) is 14.0. The molecule has 1 aromatic carbocycles. The number of hydrogen-bond donors (Lipinski definition) is 5. The number of halogens is 4. The van der Waals surface area contributed by atoms with Crippen molar-refractivity contribution in [3.8, 4) is 21.7 Å². The molecule has 0 unspecified atom stereocenters. The van der Waals surface area contributed by atoms with Crippen LogP contribution in [0.2, 0.25) is 0 Å². The molecule has 3 amide bonds. The van der Waals surface area contributed by atoms with Gasteiger partial charge in [-0.3, -0.25) is 19.4 Å². The Morgan fingerprint density at radius 2 is 1.91 bits per heavy atom. The van der Waals surface area contributed by atoms with E-state index in [4.69, 9.17) is 9.79 Å². The van der Waals surface area contributed by atoms with Gasteiger partial charge >= 0.3 is 20.0 Å². The van der Waals surface area contributed by atoms with Crippen LogP contribution in [-0.2, 0) is 15.3 Å². The highest BCUT2D eigenvalue weighted by molar-refractivity contribution is 7.46. The van der Waals surface area contributed by atoms with Crippen molar-refractivity contribution in [2.45, 2.75) is 38.4 Å². The van der Waals surface area contributed by atoms with E-state index >= 15 is 0 Å². The Balaban J connectivity index is 0.00000500. The van der Waals surface area contributed by atoms with Gasteiger partial charge in [0.1, 0.15) is 16.4 Å². The van der Waals surface area contributed by atoms with Crippen LogP contribution in [0.3, 0.4) is 0 Å². The third-order valence-corrected chi connectivity index (χ3v) is 8.30. The summed E-state index contributed by atoms with van der Waals surface area (Å²) in [4.78, 5) is 64.5. The lowest BCUT2D eigenvalue weighted by atomic mass is 9.99. The van der Waals surface area contributed by atoms with Crippen LogP contribution in [-0.4, -0.2) is 56.0 Å². The molecule has 0 radical (unpaired) electrons. The maximum Gasteiger partial charge on any atom is 0.469 e. The molecule has 1 fully saturated rings. The van der Waals surface area contributed by atoms with Gasteiger partial charge < -0.3 is 25.0 Å². The van der Waals surface area contributed by atoms with Gasteiger partial charge in [-0.1, -0.05) is 6.07 Å². The lowest BCUT2D eigenvalue weighted by Gasteiger charge is -2.15. The average molecular weight is 717 g/mol. The number of alkyl halides is 3. The fourth-order valence-electron chi connectivity index (χ4n) is 4.67. The van der Waals surface area contributed by atoms with E-state index in [0.717, 1.165) is 29.6 Å². The molecule has 0 atom stereocenters. The van der Waals surface area contributed by atoms with E-state index in [1.165, 1.54) is 24.5 Å². The number of anilines is 1. The van der Waals surface area contributed by atoms with Crippen molar-refractivity contribution < 1.29 is 41.6 Å². The monoisotopic (exact) mass is 716 g/mol. The van der Waals surface area contributed by atoms with Gasteiger partial charge in [0.15, 0.2) is 5.69 Å². The highest BCUT2D eigenvalue weighted by Crippen LogP contribution is 2.41. The van der Waals surface area contributed by atoms with Crippen molar-refractivity contribution in [3.05, 3.63) is 63.5 Å². The Bertz CT molecular complexity index is 1910. The fourth-order valence-corrected chi connectivity index (χ4v) is 5.90. The summed E-state index contributed by atoms with van der Waals surface area (Å²) >= 11 is 0.758. The average Bonchev–Trinajstić information content (AvgIpc) is 3.70. The predicted molar refractivity (Wildman–Crippen MR) is 171 cm³/mol. The van der Waals surface area contributed by atoms with Crippen LogP contribution < -0.4 is 21.4 Å². The Hall–Kier alpha value is -3.86. The molecule has 1 saturated carbocycles. The number of amides is 3. The number of phosphoric ester groups is 1. The highest BCUT2D eigenvalue weighted by Gasteiger charge is 2.34. The summed E-state index contributed by atoms with van der Waals surface area (Å²) in [5.74, 6) is -0.621. The van der Waals surface area contributed by atoms with Gasteiger partial charge in [-0.05, 0) is 49.9 Å². The van der Waals surface area contributed by atoms with Gasteiger partial charge in [0.25, 0.3) is 5.91 Å². The minimum Gasteiger partial charge on any atom is -0.352 e. The normalized spacial score (nSPS) is 13.2. The molecular formula is C28H29ClF3N6O7PS. The third kappa shape index (κ3) is 8.74. The van der Waals surface area contributed by atoms with Crippen LogP contribution in [0.15, 0.2) is 46.8 Å². The molecule has 0 bridgehead atoms. The smallest absolute Gasteiger partial charge is 0.352 e. The van der Waals surface area contributed by atoms with Gasteiger partial charge in [-0.2, -0.15) is 13.2 Å². The second kappa shape index (κ2) is 14.5. The Kier molecular flexibility index (Phi) is 11.1. The SMILES string of the molecule is CCNC(=O)Nc1cc(-c2nc(C(F)(F)F)cs2)c(-c2ccc3c(c2)c(=O)c(C(=O)NCCCOP(=O)(O)O)cn3C2CC2)cn1.Cl. The second-order valence-electron chi connectivity index (χ2n) is 10.3. The second-order valence-corrected chi connectivity index (χ2v) is 12.4. The fraction of sp³-hybridized carbons (Fsp3) is 0.321. The molecule has 0 aliphatic heterocycles. The highest BCUT2D eigenvalue weighted by atomic mass is 35.5. The Morgan fingerprint density at radius 3 is 2.55 bits per heavy atom. The lowest BCUT2D eigenvalue weighted by Crippen LogP contribution is -2.31. The van der Waals surface area contributed by atoms with E-state index in [0.29, 0.717) is 23.2 Å². The van der Waals surface area contributed by atoms with E-state index < -0.39 is 37.1 Å². The molecule has 5 N–H and O–H groups in total. The van der Waals surface area contributed by atoms with Crippen LogP contribution in [0.5, 0.6) is 0 Å². The number of aromatic nitrogens is 3. The molecule has 5 rings (SSSR count). The van der Waals surface area contributed by atoms with E-state index in [2.05, 4.69) is 30.4 Å². The zero-order valence-electron chi connectivity index (χ0n) is 24.5. The van der Waals surface area contributed by atoms with E-state index in [1.54, 1.807) is 19.1 Å². The largest absolute Gasteiger partial charge is 0.469 e. The summed E-state index contributed by atoms with van der Waals surface area (Å²) in [5.41, 5.74) is -0.282. The minimum absolute atomic E-state index is 0.